The molecule has 2 N–H and O–H groups in total. The second-order valence-corrected chi connectivity index (χ2v) is 6.27. The van der Waals surface area contributed by atoms with Gasteiger partial charge in [-0.25, -0.2) is 4.79 Å². The van der Waals surface area contributed by atoms with Gasteiger partial charge in [0.25, 0.3) is 0 Å². The monoisotopic (exact) mass is 266 g/mol. The van der Waals surface area contributed by atoms with E-state index >= 15 is 0 Å². The van der Waals surface area contributed by atoms with E-state index < -0.39 is 5.97 Å². The maximum atomic E-state index is 12.2. The third-order valence-electron chi connectivity index (χ3n) is 4.90. The summed E-state index contributed by atoms with van der Waals surface area (Å²) >= 11 is 0. The molecular weight excluding hydrogens is 244 g/mol. The Morgan fingerprint density at radius 1 is 1.11 bits per heavy atom. The van der Waals surface area contributed by atoms with Gasteiger partial charge in [0.2, 0.25) is 0 Å². The molecule has 0 aromatic carbocycles. The lowest BCUT2D eigenvalue weighted by Gasteiger charge is -2.35. The van der Waals surface area contributed by atoms with Crippen molar-refractivity contribution in [3.05, 3.63) is 0 Å². The standard InChI is InChI=1S/C14H22N2O3/c17-13(18)11-6-7-16(8-11)14(19)15-12(10-4-5-10)9-2-1-3-9/h9-12H,1-8H2,(H,15,19)(H,17,18). The Hall–Kier alpha value is -1.26. The number of urea groups is 1. The number of carboxylic acids is 1. The van der Waals surface area contributed by atoms with Gasteiger partial charge in [-0.2, -0.15) is 0 Å². The number of hydrogen-bond acceptors (Lipinski definition) is 2. The number of hydrogen-bond donors (Lipinski definition) is 2. The number of likely N-dealkylation sites (tertiary alicyclic amines) is 1. The van der Waals surface area contributed by atoms with Crippen LogP contribution in [-0.2, 0) is 4.79 Å². The Kier molecular flexibility index (Phi) is 3.37. The second kappa shape index (κ2) is 5.02. The van der Waals surface area contributed by atoms with E-state index in [1.165, 1.54) is 32.1 Å². The van der Waals surface area contributed by atoms with Gasteiger partial charge in [0.1, 0.15) is 0 Å². The van der Waals surface area contributed by atoms with Crippen molar-refractivity contribution >= 4 is 12.0 Å². The maximum absolute atomic E-state index is 12.2. The molecule has 3 fully saturated rings. The lowest BCUT2D eigenvalue weighted by molar-refractivity contribution is -0.141. The normalized spacial score (nSPS) is 28.8. The number of carbonyl (C=O) groups excluding carboxylic acids is 1. The van der Waals surface area contributed by atoms with Crippen LogP contribution in [0.25, 0.3) is 0 Å². The summed E-state index contributed by atoms with van der Waals surface area (Å²) in [6, 6.07) is 0.290. The Morgan fingerprint density at radius 2 is 1.79 bits per heavy atom. The quantitative estimate of drug-likeness (QED) is 0.813. The molecule has 2 saturated carbocycles. The van der Waals surface area contributed by atoms with Gasteiger partial charge in [0.05, 0.1) is 5.92 Å². The van der Waals surface area contributed by atoms with Crippen LogP contribution in [0.4, 0.5) is 4.79 Å². The van der Waals surface area contributed by atoms with Crippen LogP contribution in [0, 0.1) is 17.8 Å². The zero-order valence-electron chi connectivity index (χ0n) is 11.2. The topological polar surface area (TPSA) is 69.6 Å². The third-order valence-corrected chi connectivity index (χ3v) is 4.90. The molecule has 1 aliphatic heterocycles. The van der Waals surface area contributed by atoms with Crippen LogP contribution in [0.1, 0.15) is 38.5 Å². The predicted molar refractivity (Wildman–Crippen MR) is 69.7 cm³/mol. The summed E-state index contributed by atoms with van der Waals surface area (Å²) in [7, 11) is 0. The highest BCUT2D eigenvalue weighted by Crippen LogP contribution is 2.42. The summed E-state index contributed by atoms with van der Waals surface area (Å²) in [4.78, 5) is 24.8. The Balaban J connectivity index is 1.53. The van der Waals surface area contributed by atoms with E-state index in [1.54, 1.807) is 4.90 Å². The number of amides is 2. The van der Waals surface area contributed by atoms with Crippen molar-refractivity contribution in [1.29, 1.82) is 0 Å². The molecule has 0 aromatic heterocycles. The van der Waals surface area contributed by atoms with E-state index in [0.29, 0.717) is 37.4 Å². The van der Waals surface area contributed by atoms with Crippen molar-refractivity contribution in [3.8, 4) is 0 Å². The van der Waals surface area contributed by atoms with Crippen molar-refractivity contribution in [2.45, 2.75) is 44.6 Å². The van der Waals surface area contributed by atoms with Gasteiger partial charge in [-0.3, -0.25) is 4.79 Å². The number of aliphatic carboxylic acids is 1. The molecule has 2 amide bonds. The number of carbonyl (C=O) groups is 2. The van der Waals surface area contributed by atoms with Gasteiger partial charge < -0.3 is 15.3 Å². The van der Waals surface area contributed by atoms with Gasteiger partial charge in [0, 0.05) is 19.1 Å². The molecule has 1 saturated heterocycles. The first-order valence-corrected chi connectivity index (χ1v) is 7.43. The average molecular weight is 266 g/mol. The van der Waals surface area contributed by atoms with Gasteiger partial charge in [-0.05, 0) is 43.9 Å². The van der Waals surface area contributed by atoms with Crippen molar-refractivity contribution in [2.24, 2.45) is 17.8 Å². The van der Waals surface area contributed by atoms with Gasteiger partial charge >= 0.3 is 12.0 Å². The number of nitrogens with zero attached hydrogens (tertiary/aromatic N) is 1. The molecule has 106 valence electrons. The summed E-state index contributed by atoms with van der Waals surface area (Å²) in [5, 5.41) is 12.1. The predicted octanol–water partition coefficient (Wildman–Crippen LogP) is 1.68. The van der Waals surface area contributed by atoms with E-state index in [2.05, 4.69) is 5.32 Å². The lowest BCUT2D eigenvalue weighted by Crippen LogP contribution is -2.49. The summed E-state index contributed by atoms with van der Waals surface area (Å²) in [5.41, 5.74) is 0. The number of nitrogens with one attached hydrogen (secondary N) is 1. The highest BCUT2D eigenvalue weighted by molar-refractivity contribution is 5.77. The molecule has 0 bridgehead atoms. The van der Waals surface area contributed by atoms with Crippen LogP contribution < -0.4 is 5.32 Å². The molecule has 3 rings (SSSR count). The summed E-state index contributed by atoms with van der Waals surface area (Å²) in [6.45, 7) is 0.939. The third kappa shape index (κ3) is 2.69. The Labute approximate surface area is 113 Å². The molecule has 5 nitrogen and oxygen atoms in total. The van der Waals surface area contributed by atoms with Crippen LogP contribution in [0.5, 0.6) is 0 Å². The Morgan fingerprint density at radius 3 is 2.26 bits per heavy atom. The minimum Gasteiger partial charge on any atom is -0.481 e. The van der Waals surface area contributed by atoms with Crippen LogP contribution in [0.3, 0.4) is 0 Å². The van der Waals surface area contributed by atoms with Gasteiger partial charge in [-0.15, -0.1) is 0 Å². The fourth-order valence-electron chi connectivity index (χ4n) is 3.26. The number of carboxylic acid groups (broad SMARTS) is 1. The second-order valence-electron chi connectivity index (χ2n) is 6.27. The first kappa shape index (κ1) is 12.8. The fraction of sp³-hybridized carbons (Fsp3) is 0.857. The first-order valence-electron chi connectivity index (χ1n) is 7.43. The maximum Gasteiger partial charge on any atom is 0.317 e. The molecule has 1 heterocycles. The first-order chi connectivity index (χ1) is 9.15. The van der Waals surface area contributed by atoms with E-state index in [-0.39, 0.29) is 11.9 Å². The van der Waals surface area contributed by atoms with E-state index in [4.69, 9.17) is 5.11 Å². The van der Waals surface area contributed by atoms with Crippen molar-refractivity contribution < 1.29 is 14.7 Å². The number of rotatable bonds is 4. The average Bonchev–Trinajstić information content (AvgIpc) is 3.01. The SMILES string of the molecule is O=C(O)C1CCN(C(=O)NC(C2CCC2)C2CC2)C1. The zero-order chi connectivity index (χ0) is 13.4. The summed E-state index contributed by atoms with van der Waals surface area (Å²) < 4.78 is 0. The fourth-order valence-corrected chi connectivity index (χ4v) is 3.26. The largest absolute Gasteiger partial charge is 0.481 e. The summed E-state index contributed by atoms with van der Waals surface area (Å²) in [5.74, 6) is 0.170. The van der Waals surface area contributed by atoms with E-state index in [1.807, 2.05) is 0 Å². The summed E-state index contributed by atoms with van der Waals surface area (Å²) in [6.07, 6.45) is 6.81. The van der Waals surface area contributed by atoms with Crippen LogP contribution >= 0.6 is 0 Å². The highest BCUT2D eigenvalue weighted by Gasteiger charge is 2.41. The van der Waals surface area contributed by atoms with Crippen molar-refractivity contribution in [2.75, 3.05) is 13.1 Å². The molecule has 2 unspecified atom stereocenters. The minimum atomic E-state index is -0.784. The molecule has 0 aromatic rings. The molecule has 3 aliphatic rings. The molecule has 0 spiro atoms. The smallest absolute Gasteiger partial charge is 0.317 e. The van der Waals surface area contributed by atoms with Crippen molar-refractivity contribution in [1.82, 2.24) is 10.2 Å². The molecule has 2 aliphatic carbocycles. The Bertz CT molecular complexity index is 377. The van der Waals surface area contributed by atoms with E-state index in [0.717, 1.165) is 0 Å². The van der Waals surface area contributed by atoms with E-state index in [9.17, 15) is 9.59 Å². The highest BCUT2D eigenvalue weighted by atomic mass is 16.4. The molecule has 2 atom stereocenters. The molecule has 0 radical (unpaired) electrons. The van der Waals surface area contributed by atoms with Crippen LogP contribution in [0.15, 0.2) is 0 Å². The van der Waals surface area contributed by atoms with Crippen LogP contribution in [-0.4, -0.2) is 41.1 Å². The van der Waals surface area contributed by atoms with Gasteiger partial charge in [-0.1, -0.05) is 6.42 Å². The molecular formula is C14H22N2O3. The van der Waals surface area contributed by atoms with Crippen molar-refractivity contribution in [3.63, 3.8) is 0 Å². The van der Waals surface area contributed by atoms with Crippen LogP contribution in [0.2, 0.25) is 0 Å². The molecule has 5 heteroatoms. The molecule has 19 heavy (non-hydrogen) atoms. The van der Waals surface area contributed by atoms with Gasteiger partial charge in [0.15, 0.2) is 0 Å². The minimum absolute atomic E-state index is 0.0486. The zero-order valence-corrected chi connectivity index (χ0v) is 11.2. The lowest BCUT2D eigenvalue weighted by atomic mass is 9.78.